The molecule has 0 aliphatic carbocycles. The van der Waals surface area contributed by atoms with Crippen LogP contribution in [0.25, 0.3) is 0 Å². The Hall–Kier alpha value is -0.310. The molecule has 0 saturated heterocycles. The molecule has 1 N–H and O–H groups in total. The van der Waals surface area contributed by atoms with Crippen LogP contribution in [-0.2, 0) is 0 Å². The maximum atomic E-state index is 9.46. The number of aliphatic hydroxyl groups excluding tert-OH is 1. The predicted molar refractivity (Wildman–Crippen MR) is 49.1 cm³/mol. The van der Waals surface area contributed by atoms with Gasteiger partial charge in [-0.15, -0.1) is 11.3 Å². The molecular weight excluding hydrogens is 180 g/mol. The van der Waals surface area contributed by atoms with Crippen molar-refractivity contribution in [3.63, 3.8) is 0 Å². The van der Waals surface area contributed by atoms with Crippen LogP contribution in [0, 0.1) is 0 Å². The minimum absolute atomic E-state index is 0.563. The van der Waals surface area contributed by atoms with Crippen LogP contribution in [0.4, 0.5) is 0 Å². The van der Waals surface area contributed by atoms with Crippen LogP contribution in [-0.4, -0.2) is 5.11 Å². The SMILES string of the molecule is C=C(C)C(O)c1ccc(Cl)s1. The number of hydrogen-bond donors (Lipinski definition) is 1. The van der Waals surface area contributed by atoms with E-state index in [-0.39, 0.29) is 0 Å². The lowest BCUT2D eigenvalue weighted by Gasteiger charge is -2.05. The van der Waals surface area contributed by atoms with Gasteiger partial charge in [-0.3, -0.25) is 0 Å². The number of hydrogen-bond acceptors (Lipinski definition) is 2. The summed E-state index contributed by atoms with van der Waals surface area (Å²) in [5.41, 5.74) is 0.739. The quantitative estimate of drug-likeness (QED) is 0.708. The minimum atomic E-state index is -0.563. The van der Waals surface area contributed by atoms with Crippen LogP contribution in [0.2, 0.25) is 4.34 Å². The third-order valence-corrected chi connectivity index (χ3v) is 2.61. The Balaban J connectivity index is 2.84. The van der Waals surface area contributed by atoms with Crippen molar-refractivity contribution >= 4 is 22.9 Å². The van der Waals surface area contributed by atoms with Crippen LogP contribution in [0.15, 0.2) is 24.3 Å². The predicted octanol–water partition coefficient (Wildman–Crippen LogP) is 3.01. The molecule has 0 saturated carbocycles. The first-order valence-electron chi connectivity index (χ1n) is 3.20. The average molecular weight is 189 g/mol. The molecule has 1 aromatic rings. The summed E-state index contributed by atoms with van der Waals surface area (Å²) in [6, 6.07) is 3.58. The van der Waals surface area contributed by atoms with Gasteiger partial charge >= 0.3 is 0 Å². The van der Waals surface area contributed by atoms with E-state index in [2.05, 4.69) is 6.58 Å². The molecule has 0 radical (unpaired) electrons. The topological polar surface area (TPSA) is 20.2 Å². The van der Waals surface area contributed by atoms with E-state index in [9.17, 15) is 5.11 Å². The van der Waals surface area contributed by atoms with Gasteiger partial charge in [-0.2, -0.15) is 0 Å². The fourth-order valence-electron chi connectivity index (χ4n) is 0.718. The molecule has 0 spiro atoms. The van der Waals surface area contributed by atoms with Crippen molar-refractivity contribution in [2.45, 2.75) is 13.0 Å². The van der Waals surface area contributed by atoms with Crippen LogP contribution >= 0.6 is 22.9 Å². The molecule has 0 amide bonds. The average Bonchev–Trinajstić information content (AvgIpc) is 2.34. The van der Waals surface area contributed by atoms with E-state index in [1.54, 1.807) is 13.0 Å². The van der Waals surface area contributed by atoms with Gasteiger partial charge in [-0.05, 0) is 24.6 Å². The third-order valence-electron chi connectivity index (χ3n) is 1.33. The molecule has 1 rings (SSSR count). The maximum absolute atomic E-state index is 9.46. The van der Waals surface area contributed by atoms with E-state index < -0.39 is 6.10 Å². The molecule has 3 heteroatoms. The normalized spacial score (nSPS) is 13.0. The van der Waals surface area contributed by atoms with Gasteiger partial charge in [0.2, 0.25) is 0 Å². The van der Waals surface area contributed by atoms with Crippen molar-refractivity contribution in [3.8, 4) is 0 Å². The summed E-state index contributed by atoms with van der Waals surface area (Å²) in [7, 11) is 0. The van der Waals surface area contributed by atoms with Gasteiger partial charge in [0.15, 0.2) is 0 Å². The molecule has 0 bridgehead atoms. The van der Waals surface area contributed by atoms with Gasteiger partial charge in [0.25, 0.3) is 0 Å². The second-order valence-electron chi connectivity index (χ2n) is 2.39. The Labute approximate surface area is 74.9 Å². The summed E-state index contributed by atoms with van der Waals surface area (Å²) in [6.45, 7) is 5.44. The minimum Gasteiger partial charge on any atom is -0.383 e. The molecule has 60 valence electrons. The highest BCUT2D eigenvalue weighted by atomic mass is 35.5. The van der Waals surface area contributed by atoms with Crippen molar-refractivity contribution in [2.75, 3.05) is 0 Å². The number of halogens is 1. The molecule has 0 aromatic carbocycles. The standard InChI is InChI=1S/C8H9ClOS/c1-5(2)8(10)6-3-4-7(9)11-6/h3-4,8,10H,1H2,2H3. The highest BCUT2D eigenvalue weighted by Gasteiger charge is 2.09. The van der Waals surface area contributed by atoms with E-state index in [0.29, 0.717) is 4.34 Å². The van der Waals surface area contributed by atoms with Crippen LogP contribution in [0.1, 0.15) is 17.9 Å². The fraction of sp³-hybridized carbons (Fsp3) is 0.250. The van der Waals surface area contributed by atoms with E-state index in [4.69, 9.17) is 11.6 Å². The fourth-order valence-corrected chi connectivity index (χ4v) is 1.86. The first-order chi connectivity index (χ1) is 5.11. The van der Waals surface area contributed by atoms with Crippen molar-refractivity contribution in [1.29, 1.82) is 0 Å². The molecule has 1 nitrogen and oxygen atoms in total. The van der Waals surface area contributed by atoms with E-state index in [1.165, 1.54) is 11.3 Å². The van der Waals surface area contributed by atoms with Crippen molar-refractivity contribution < 1.29 is 5.11 Å². The smallest absolute Gasteiger partial charge is 0.109 e. The lowest BCUT2D eigenvalue weighted by atomic mass is 10.2. The lowest BCUT2D eigenvalue weighted by molar-refractivity contribution is 0.220. The van der Waals surface area contributed by atoms with Crippen molar-refractivity contribution in [1.82, 2.24) is 0 Å². The zero-order valence-electron chi connectivity index (χ0n) is 6.17. The molecule has 1 aromatic heterocycles. The van der Waals surface area contributed by atoms with Crippen LogP contribution < -0.4 is 0 Å². The summed E-state index contributed by atoms with van der Waals surface area (Å²) in [5.74, 6) is 0. The highest BCUT2D eigenvalue weighted by Crippen LogP contribution is 2.29. The molecule has 1 atom stereocenters. The molecule has 0 aliphatic heterocycles. The zero-order chi connectivity index (χ0) is 8.43. The molecule has 1 heterocycles. The third kappa shape index (κ3) is 2.06. The summed E-state index contributed by atoms with van der Waals surface area (Å²) >= 11 is 7.07. The Morgan fingerprint density at radius 2 is 2.36 bits per heavy atom. The summed E-state index contributed by atoms with van der Waals surface area (Å²) < 4.78 is 0.695. The summed E-state index contributed by atoms with van der Waals surface area (Å²) in [5, 5.41) is 9.46. The molecule has 11 heavy (non-hydrogen) atoms. The number of aliphatic hydroxyl groups is 1. The highest BCUT2D eigenvalue weighted by molar-refractivity contribution is 7.16. The van der Waals surface area contributed by atoms with Crippen molar-refractivity contribution in [3.05, 3.63) is 33.5 Å². The van der Waals surface area contributed by atoms with E-state index in [1.807, 2.05) is 6.07 Å². The number of thiophene rings is 1. The van der Waals surface area contributed by atoms with Crippen LogP contribution in [0.3, 0.4) is 0 Å². The number of rotatable bonds is 2. The second-order valence-corrected chi connectivity index (χ2v) is 4.14. The Morgan fingerprint density at radius 1 is 1.73 bits per heavy atom. The Bertz CT molecular complexity index is 267. The van der Waals surface area contributed by atoms with Crippen LogP contribution in [0.5, 0.6) is 0 Å². The first-order valence-corrected chi connectivity index (χ1v) is 4.39. The molecular formula is C8H9ClOS. The van der Waals surface area contributed by atoms with Gasteiger partial charge in [0, 0.05) is 4.88 Å². The lowest BCUT2D eigenvalue weighted by Crippen LogP contribution is -1.93. The van der Waals surface area contributed by atoms with E-state index >= 15 is 0 Å². The summed E-state index contributed by atoms with van der Waals surface area (Å²) in [4.78, 5) is 0.850. The largest absolute Gasteiger partial charge is 0.383 e. The van der Waals surface area contributed by atoms with Gasteiger partial charge in [0.1, 0.15) is 6.10 Å². The second kappa shape index (κ2) is 3.39. The molecule has 0 aliphatic rings. The van der Waals surface area contributed by atoms with Gasteiger partial charge in [-0.1, -0.05) is 18.2 Å². The Morgan fingerprint density at radius 3 is 2.73 bits per heavy atom. The first kappa shape index (κ1) is 8.78. The molecule has 0 fully saturated rings. The molecule has 1 unspecified atom stereocenters. The Kier molecular flexibility index (Phi) is 2.71. The maximum Gasteiger partial charge on any atom is 0.109 e. The van der Waals surface area contributed by atoms with Gasteiger partial charge < -0.3 is 5.11 Å². The summed E-state index contributed by atoms with van der Waals surface area (Å²) in [6.07, 6.45) is -0.563. The monoisotopic (exact) mass is 188 g/mol. The van der Waals surface area contributed by atoms with E-state index in [0.717, 1.165) is 10.5 Å². The zero-order valence-corrected chi connectivity index (χ0v) is 7.75. The van der Waals surface area contributed by atoms with Gasteiger partial charge in [0.05, 0.1) is 4.34 Å². The van der Waals surface area contributed by atoms with Crippen molar-refractivity contribution in [2.24, 2.45) is 0 Å². The van der Waals surface area contributed by atoms with Gasteiger partial charge in [-0.25, -0.2) is 0 Å².